The van der Waals surface area contributed by atoms with Crippen molar-refractivity contribution in [2.45, 2.75) is 13.5 Å². The van der Waals surface area contributed by atoms with Crippen LogP contribution in [0.5, 0.6) is 0 Å². The van der Waals surface area contributed by atoms with Crippen LogP contribution in [0, 0.1) is 11.8 Å². The van der Waals surface area contributed by atoms with Crippen LogP contribution in [-0.2, 0) is 6.54 Å². The molecule has 0 spiro atoms. The van der Waals surface area contributed by atoms with Gasteiger partial charge in [0, 0.05) is 38.9 Å². The summed E-state index contributed by atoms with van der Waals surface area (Å²) in [7, 11) is 0. The highest BCUT2D eigenvalue weighted by atomic mass is 35.5. The third-order valence-electron chi connectivity index (χ3n) is 4.10. The van der Waals surface area contributed by atoms with Gasteiger partial charge < -0.3 is 14.8 Å². The van der Waals surface area contributed by atoms with Crippen LogP contribution in [0.25, 0.3) is 0 Å². The summed E-state index contributed by atoms with van der Waals surface area (Å²) >= 11 is 5.99. The maximum Gasteiger partial charge on any atom is 0.270 e. The van der Waals surface area contributed by atoms with Gasteiger partial charge in [-0.15, -0.1) is 0 Å². The highest BCUT2D eigenvalue weighted by Gasteiger charge is 2.38. The van der Waals surface area contributed by atoms with Gasteiger partial charge in [-0.1, -0.05) is 11.6 Å². The first-order valence-electron chi connectivity index (χ1n) is 6.54. The fraction of sp³-hybridized carbons (Fsp3) is 0.615. The van der Waals surface area contributed by atoms with Gasteiger partial charge in [-0.2, -0.15) is 0 Å². The Morgan fingerprint density at radius 1 is 1.44 bits per heavy atom. The monoisotopic (exact) mass is 267 g/mol. The largest absolute Gasteiger partial charge is 0.342 e. The van der Waals surface area contributed by atoms with E-state index in [2.05, 4.69) is 5.32 Å². The standard InChI is InChI=1S/C13H18ClN3O/c1-2-16-8-11(14)3-12(16)13(18)17-6-9-4-15-5-10(9)7-17/h3,8-10,15H,2,4-7H2,1H3. The van der Waals surface area contributed by atoms with E-state index >= 15 is 0 Å². The summed E-state index contributed by atoms with van der Waals surface area (Å²) in [6.45, 7) is 6.64. The van der Waals surface area contributed by atoms with Crippen LogP contribution < -0.4 is 5.32 Å². The summed E-state index contributed by atoms with van der Waals surface area (Å²) in [4.78, 5) is 14.5. The number of carbonyl (C=O) groups excluding carboxylic acids is 1. The number of nitrogens with one attached hydrogen (secondary N) is 1. The van der Waals surface area contributed by atoms with Crippen LogP contribution in [0.1, 0.15) is 17.4 Å². The van der Waals surface area contributed by atoms with E-state index in [0.717, 1.165) is 38.4 Å². The van der Waals surface area contributed by atoms with E-state index in [4.69, 9.17) is 11.6 Å². The average molecular weight is 268 g/mol. The van der Waals surface area contributed by atoms with E-state index in [9.17, 15) is 4.79 Å². The first-order chi connectivity index (χ1) is 8.69. The molecule has 0 aliphatic carbocycles. The minimum absolute atomic E-state index is 0.123. The van der Waals surface area contributed by atoms with Crippen molar-refractivity contribution in [3.05, 3.63) is 23.0 Å². The Hall–Kier alpha value is -1.00. The predicted octanol–water partition coefficient (Wildman–Crippen LogP) is 1.45. The Morgan fingerprint density at radius 3 is 2.72 bits per heavy atom. The lowest BCUT2D eigenvalue weighted by atomic mass is 10.0. The normalized spacial score (nSPS) is 26.7. The summed E-state index contributed by atoms with van der Waals surface area (Å²) in [6.07, 6.45) is 1.83. The number of aromatic nitrogens is 1. The molecule has 0 radical (unpaired) electrons. The molecule has 4 nitrogen and oxygen atoms in total. The van der Waals surface area contributed by atoms with E-state index in [1.807, 2.05) is 22.6 Å². The second-order valence-corrected chi connectivity index (χ2v) is 5.65. The van der Waals surface area contributed by atoms with Crippen LogP contribution in [0.15, 0.2) is 12.3 Å². The molecule has 2 unspecified atom stereocenters. The van der Waals surface area contributed by atoms with Crippen molar-refractivity contribution in [2.24, 2.45) is 11.8 Å². The number of aryl methyl sites for hydroxylation is 1. The van der Waals surface area contributed by atoms with E-state index in [-0.39, 0.29) is 5.91 Å². The first-order valence-corrected chi connectivity index (χ1v) is 6.92. The fourth-order valence-corrected chi connectivity index (χ4v) is 3.32. The van der Waals surface area contributed by atoms with Crippen LogP contribution >= 0.6 is 11.6 Å². The topological polar surface area (TPSA) is 37.3 Å². The van der Waals surface area contributed by atoms with E-state index in [1.54, 1.807) is 6.07 Å². The molecule has 0 aromatic carbocycles. The quantitative estimate of drug-likeness (QED) is 0.881. The highest BCUT2D eigenvalue weighted by Crippen LogP contribution is 2.28. The van der Waals surface area contributed by atoms with Crippen LogP contribution in [0.2, 0.25) is 5.02 Å². The van der Waals surface area contributed by atoms with Crippen molar-refractivity contribution >= 4 is 17.5 Å². The number of rotatable bonds is 2. The van der Waals surface area contributed by atoms with Crippen molar-refractivity contribution in [3.63, 3.8) is 0 Å². The van der Waals surface area contributed by atoms with Crippen LogP contribution in [0.3, 0.4) is 0 Å². The minimum Gasteiger partial charge on any atom is -0.342 e. The second-order valence-electron chi connectivity index (χ2n) is 5.22. The Morgan fingerprint density at radius 2 is 2.11 bits per heavy atom. The van der Waals surface area contributed by atoms with Crippen molar-refractivity contribution in [1.29, 1.82) is 0 Å². The molecule has 1 amide bonds. The zero-order valence-electron chi connectivity index (χ0n) is 10.5. The molecule has 98 valence electrons. The van der Waals surface area contributed by atoms with Crippen molar-refractivity contribution in [1.82, 2.24) is 14.8 Å². The molecule has 1 N–H and O–H groups in total. The molecule has 0 saturated carbocycles. The summed E-state index contributed by atoms with van der Waals surface area (Å²) < 4.78 is 1.93. The molecule has 1 aromatic heterocycles. The van der Waals surface area contributed by atoms with E-state index < -0.39 is 0 Å². The molecule has 1 aromatic rings. The minimum atomic E-state index is 0.123. The first kappa shape index (κ1) is 12.1. The van der Waals surface area contributed by atoms with Crippen LogP contribution in [0.4, 0.5) is 0 Å². The summed E-state index contributed by atoms with van der Waals surface area (Å²) in [5.74, 6) is 1.39. The zero-order valence-corrected chi connectivity index (χ0v) is 11.3. The Labute approximate surface area is 112 Å². The Balaban J connectivity index is 1.78. The lowest BCUT2D eigenvalue weighted by Gasteiger charge is -2.18. The van der Waals surface area contributed by atoms with Gasteiger partial charge in [0.2, 0.25) is 0 Å². The molecule has 0 bridgehead atoms. The predicted molar refractivity (Wildman–Crippen MR) is 70.9 cm³/mol. The average Bonchev–Trinajstić information content (AvgIpc) is 3.00. The van der Waals surface area contributed by atoms with Gasteiger partial charge in [-0.05, 0) is 24.8 Å². The number of fused-ring (bicyclic) bond motifs is 1. The summed E-state index contributed by atoms with van der Waals surface area (Å²) in [6, 6.07) is 1.78. The lowest BCUT2D eigenvalue weighted by Crippen LogP contribution is -2.33. The SMILES string of the molecule is CCn1cc(Cl)cc1C(=O)N1CC2CNCC2C1. The van der Waals surface area contributed by atoms with Gasteiger partial charge >= 0.3 is 0 Å². The maximum atomic E-state index is 12.5. The van der Waals surface area contributed by atoms with E-state index in [1.165, 1.54) is 0 Å². The number of carbonyl (C=O) groups is 1. The van der Waals surface area contributed by atoms with Crippen molar-refractivity contribution < 1.29 is 4.79 Å². The molecule has 2 aliphatic heterocycles. The molecule has 2 saturated heterocycles. The molecule has 18 heavy (non-hydrogen) atoms. The second kappa shape index (κ2) is 4.59. The maximum absolute atomic E-state index is 12.5. The lowest BCUT2D eigenvalue weighted by molar-refractivity contribution is 0.0771. The Kier molecular flexibility index (Phi) is 3.08. The number of halogens is 1. The Bertz CT molecular complexity index is 459. The smallest absolute Gasteiger partial charge is 0.270 e. The van der Waals surface area contributed by atoms with Crippen LogP contribution in [-0.4, -0.2) is 41.6 Å². The summed E-state index contributed by atoms with van der Waals surface area (Å²) in [5.41, 5.74) is 0.718. The molecule has 3 rings (SSSR count). The number of amides is 1. The molecule has 2 aliphatic rings. The number of likely N-dealkylation sites (tertiary alicyclic amines) is 1. The van der Waals surface area contributed by atoms with Gasteiger partial charge in [-0.3, -0.25) is 4.79 Å². The van der Waals surface area contributed by atoms with Gasteiger partial charge in [0.15, 0.2) is 0 Å². The number of hydrogen-bond donors (Lipinski definition) is 1. The third kappa shape index (κ3) is 1.93. The molecule has 2 fully saturated rings. The van der Waals surface area contributed by atoms with E-state index in [0.29, 0.717) is 16.9 Å². The zero-order chi connectivity index (χ0) is 12.7. The van der Waals surface area contributed by atoms with Crippen molar-refractivity contribution in [2.75, 3.05) is 26.2 Å². The number of hydrogen-bond acceptors (Lipinski definition) is 2. The molecular weight excluding hydrogens is 250 g/mol. The molecule has 3 heterocycles. The highest BCUT2D eigenvalue weighted by molar-refractivity contribution is 6.31. The van der Waals surface area contributed by atoms with Gasteiger partial charge in [-0.25, -0.2) is 0 Å². The third-order valence-corrected chi connectivity index (χ3v) is 4.31. The van der Waals surface area contributed by atoms with Crippen molar-refractivity contribution in [3.8, 4) is 0 Å². The van der Waals surface area contributed by atoms with Gasteiger partial charge in [0.1, 0.15) is 5.69 Å². The molecule has 5 heteroatoms. The fourth-order valence-electron chi connectivity index (χ4n) is 3.10. The summed E-state index contributed by atoms with van der Waals surface area (Å²) in [5, 5.41) is 4.03. The molecular formula is C13H18ClN3O. The number of nitrogens with zero attached hydrogens (tertiary/aromatic N) is 2. The van der Waals surface area contributed by atoms with Gasteiger partial charge in [0.25, 0.3) is 5.91 Å². The molecule has 2 atom stereocenters. The van der Waals surface area contributed by atoms with Gasteiger partial charge in [0.05, 0.1) is 5.02 Å².